The number of aryl methyl sites for hydroxylation is 1. The van der Waals surface area contributed by atoms with Gasteiger partial charge in [0.2, 0.25) is 0 Å². The van der Waals surface area contributed by atoms with E-state index < -0.39 is 0 Å². The molecule has 29 heavy (non-hydrogen) atoms. The van der Waals surface area contributed by atoms with Crippen LogP contribution in [-0.2, 0) is 0 Å². The highest BCUT2D eigenvalue weighted by molar-refractivity contribution is 7.21. The summed E-state index contributed by atoms with van der Waals surface area (Å²) in [6.45, 7) is 2.89. The summed E-state index contributed by atoms with van der Waals surface area (Å²) >= 11 is 1.78. The van der Waals surface area contributed by atoms with Crippen LogP contribution in [0, 0.1) is 30.6 Å². The molecule has 4 aliphatic rings. The first kappa shape index (κ1) is 17.9. The third kappa shape index (κ3) is 2.90. The quantitative estimate of drug-likeness (QED) is 0.549. The van der Waals surface area contributed by atoms with Crippen LogP contribution >= 0.6 is 11.3 Å². The summed E-state index contributed by atoms with van der Waals surface area (Å²) in [5.41, 5.74) is 14.5. The maximum Gasteiger partial charge on any atom is 0.124 e. The molecule has 148 valence electrons. The number of thiazole rings is 1. The van der Waals surface area contributed by atoms with Gasteiger partial charge < -0.3 is 5.73 Å². The van der Waals surface area contributed by atoms with Crippen LogP contribution in [0.4, 0.5) is 0 Å². The van der Waals surface area contributed by atoms with Gasteiger partial charge in [-0.25, -0.2) is 4.98 Å². The van der Waals surface area contributed by atoms with Gasteiger partial charge in [0.15, 0.2) is 0 Å². The van der Waals surface area contributed by atoms with Gasteiger partial charge in [-0.2, -0.15) is 0 Å². The number of hydrogen-bond donors (Lipinski definition) is 1. The van der Waals surface area contributed by atoms with E-state index in [9.17, 15) is 0 Å². The second-order valence-corrected chi connectivity index (χ2v) is 10.5. The number of allylic oxidation sites excluding steroid dienone is 1. The van der Waals surface area contributed by atoms with Crippen LogP contribution in [-0.4, -0.2) is 11.5 Å². The summed E-state index contributed by atoms with van der Waals surface area (Å²) < 4.78 is 1.25. The fraction of sp³-hybridized carbons (Fsp3) is 0.423. The molecule has 2 nitrogen and oxygen atoms in total. The first-order valence-electron chi connectivity index (χ1n) is 11.1. The normalized spacial score (nSPS) is 27.7. The van der Waals surface area contributed by atoms with Crippen molar-refractivity contribution >= 4 is 27.1 Å². The summed E-state index contributed by atoms with van der Waals surface area (Å²) in [6, 6.07) is 15.3. The Morgan fingerprint density at radius 1 is 1.00 bits per heavy atom. The Morgan fingerprint density at radius 3 is 2.38 bits per heavy atom. The molecule has 4 bridgehead atoms. The lowest BCUT2D eigenvalue weighted by molar-refractivity contribution is 0.0703. The number of nitrogens with two attached hydrogens (primary N) is 1. The minimum Gasteiger partial charge on any atom is -0.326 e. The van der Waals surface area contributed by atoms with Gasteiger partial charge in [-0.1, -0.05) is 35.9 Å². The minimum absolute atomic E-state index is 0.664. The van der Waals surface area contributed by atoms with Crippen molar-refractivity contribution in [1.82, 2.24) is 4.98 Å². The third-order valence-corrected chi connectivity index (χ3v) is 8.74. The number of aromatic nitrogens is 1. The molecule has 1 heterocycles. The summed E-state index contributed by atoms with van der Waals surface area (Å²) in [5.74, 6) is 3.58. The molecule has 3 heteroatoms. The standard InChI is InChI=1S/C26H28N2S/c1-15-8-18(6-7-21(15)26-28-23-4-2-3-5-24(23)29-26)22(14-27)25-19-10-16-9-17(12-19)13-20(25)11-16/h2-8,16-17,19-20H,9-14,27H2,1H3. The molecule has 0 amide bonds. The Morgan fingerprint density at radius 2 is 1.72 bits per heavy atom. The van der Waals surface area contributed by atoms with E-state index in [2.05, 4.69) is 49.4 Å². The van der Waals surface area contributed by atoms with E-state index in [0.29, 0.717) is 6.54 Å². The molecule has 3 aromatic rings. The van der Waals surface area contributed by atoms with E-state index in [1.165, 1.54) is 59.1 Å². The van der Waals surface area contributed by atoms with Crippen LogP contribution in [0.15, 0.2) is 48.0 Å². The number of rotatable bonds is 3. The molecule has 0 saturated heterocycles. The van der Waals surface area contributed by atoms with Crippen LogP contribution in [0.25, 0.3) is 26.4 Å². The first-order chi connectivity index (χ1) is 14.2. The second-order valence-electron chi connectivity index (χ2n) is 9.46. The van der Waals surface area contributed by atoms with Crippen LogP contribution < -0.4 is 5.73 Å². The van der Waals surface area contributed by atoms with Gasteiger partial charge in [0.1, 0.15) is 5.01 Å². The molecule has 4 aliphatic carbocycles. The van der Waals surface area contributed by atoms with Crippen molar-refractivity contribution in [2.45, 2.75) is 39.0 Å². The van der Waals surface area contributed by atoms with E-state index in [-0.39, 0.29) is 0 Å². The molecule has 1 aromatic heterocycles. The summed E-state index contributed by atoms with van der Waals surface area (Å²) in [4.78, 5) is 4.87. The minimum atomic E-state index is 0.664. The maximum atomic E-state index is 6.37. The average molecular weight is 401 g/mol. The van der Waals surface area contributed by atoms with Crippen molar-refractivity contribution in [3.8, 4) is 10.6 Å². The number of benzene rings is 2. The summed E-state index contributed by atoms with van der Waals surface area (Å²) in [7, 11) is 0. The monoisotopic (exact) mass is 400 g/mol. The fourth-order valence-corrected chi connectivity index (χ4v) is 7.72. The van der Waals surface area contributed by atoms with E-state index in [1.807, 2.05) is 0 Å². The fourth-order valence-electron chi connectivity index (χ4n) is 6.67. The van der Waals surface area contributed by atoms with E-state index >= 15 is 0 Å². The second kappa shape index (κ2) is 6.78. The smallest absolute Gasteiger partial charge is 0.124 e. The number of para-hydroxylation sites is 1. The van der Waals surface area contributed by atoms with Crippen molar-refractivity contribution in [1.29, 1.82) is 0 Å². The third-order valence-electron chi connectivity index (χ3n) is 7.67. The van der Waals surface area contributed by atoms with Gasteiger partial charge in [-0.05, 0) is 91.5 Å². The Labute approximate surface area is 176 Å². The van der Waals surface area contributed by atoms with Crippen LogP contribution in [0.2, 0.25) is 0 Å². The lowest BCUT2D eigenvalue weighted by Gasteiger charge is -2.52. The Hall–Kier alpha value is -1.97. The first-order valence-corrected chi connectivity index (χ1v) is 11.9. The topological polar surface area (TPSA) is 38.9 Å². The highest BCUT2D eigenvalue weighted by Crippen LogP contribution is 2.57. The van der Waals surface area contributed by atoms with Crippen LogP contribution in [0.3, 0.4) is 0 Å². The van der Waals surface area contributed by atoms with Crippen molar-refractivity contribution in [3.05, 3.63) is 59.2 Å². The Bertz CT molecular complexity index is 1060. The molecule has 2 aromatic carbocycles. The predicted molar refractivity (Wildman–Crippen MR) is 123 cm³/mol. The molecule has 0 atom stereocenters. The van der Waals surface area contributed by atoms with Crippen molar-refractivity contribution in [3.63, 3.8) is 0 Å². The zero-order valence-corrected chi connectivity index (χ0v) is 17.8. The summed E-state index contributed by atoms with van der Waals surface area (Å²) in [6.07, 6.45) is 7.14. The molecule has 2 N–H and O–H groups in total. The molecule has 4 saturated carbocycles. The van der Waals surface area contributed by atoms with Crippen molar-refractivity contribution < 1.29 is 0 Å². The van der Waals surface area contributed by atoms with Gasteiger partial charge >= 0.3 is 0 Å². The molecular formula is C26H28N2S. The van der Waals surface area contributed by atoms with Gasteiger partial charge in [0.25, 0.3) is 0 Å². The number of hydrogen-bond acceptors (Lipinski definition) is 3. The highest BCUT2D eigenvalue weighted by atomic mass is 32.1. The van der Waals surface area contributed by atoms with Gasteiger partial charge in [0, 0.05) is 12.1 Å². The van der Waals surface area contributed by atoms with Gasteiger partial charge in [-0.3, -0.25) is 0 Å². The van der Waals surface area contributed by atoms with Gasteiger partial charge in [-0.15, -0.1) is 11.3 Å². The van der Waals surface area contributed by atoms with E-state index in [1.54, 1.807) is 16.9 Å². The maximum absolute atomic E-state index is 6.37. The van der Waals surface area contributed by atoms with Crippen molar-refractivity contribution in [2.75, 3.05) is 6.54 Å². The van der Waals surface area contributed by atoms with Crippen LogP contribution in [0.5, 0.6) is 0 Å². The van der Waals surface area contributed by atoms with Gasteiger partial charge in [0.05, 0.1) is 10.2 Å². The Kier molecular flexibility index (Phi) is 4.18. The molecule has 0 unspecified atom stereocenters. The lowest BCUT2D eigenvalue weighted by Crippen LogP contribution is -2.41. The predicted octanol–water partition coefficient (Wildman–Crippen LogP) is 6.44. The molecule has 4 fully saturated rings. The molecular weight excluding hydrogens is 372 g/mol. The largest absolute Gasteiger partial charge is 0.326 e. The zero-order valence-electron chi connectivity index (χ0n) is 17.0. The van der Waals surface area contributed by atoms with E-state index in [4.69, 9.17) is 10.7 Å². The lowest BCUT2D eigenvalue weighted by atomic mass is 9.53. The molecule has 0 spiro atoms. The van der Waals surface area contributed by atoms with Crippen LogP contribution in [0.1, 0.15) is 43.2 Å². The Balaban J connectivity index is 1.40. The molecule has 0 aliphatic heterocycles. The molecule has 0 radical (unpaired) electrons. The number of nitrogens with zero attached hydrogens (tertiary/aromatic N) is 1. The zero-order chi connectivity index (χ0) is 19.5. The molecule has 7 rings (SSSR count). The summed E-state index contributed by atoms with van der Waals surface area (Å²) in [5, 5.41) is 1.12. The average Bonchev–Trinajstić information content (AvgIpc) is 3.14. The van der Waals surface area contributed by atoms with E-state index in [0.717, 1.165) is 34.2 Å². The SMILES string of the molecule is Cc1cc(C(CN)=C2C3CC4CC(C3)CC2C4)ccc1-c1nc2ccccc2s1. The van der Waals surface area contributed by atoms with Crippen molar-refractivity contribution in [2.24, 2.45) is 29.4 Å². The highest BCUT2D eigenvalue weighted by Gasteiger charge is 2.46. The number of fused-ring (bicyclic) bond motifs is 1.